The molecular weight excluding hydrogens is 366 g/mol. The summed E-state index contributed by atoms with van der Waals surface area (Å²) in [5.74, 6) is -3.59. The van der Waals surface area contributed by atoms with Gasteiger partial charge < -0.3 is 10.2 Å². The number of fused-ring (bicyclic) bond motifs is 1. The van der Waals surface area contributed by atoms with Crippen molar-refractivity contribution in [2.24, 2.45) is 0 Å². The summed E-state index contributed by atoms with van der Waals surface area (Å²) in [5.41, 5.74) is 0.625. The second-order valence-electron chi connectivity index (χ2n) is 6.28. The Balaban J connectivity index is 1.93. The highest BCUT2D eigenvalue weighted by Crippen LogP contribution is 2.35. The molecule has 4 rings (SSSR count). The van der Waals surface area contributed by atoms with Crippen LogP contribution >= 0.6 is 0 Å². The molecule has 0 aliphatic heterocycles. The van der Waals surface area contributed by atoms with Crippen molar-refractivity contribution >= 4 is 16.9 Å². The van der Waals surface area contributed by atoms with Crippen LogP contribution in [0.5, 0.6) is 5.75 Å². The molecule has 2 N–H and O–H groups in total. The predicted octanol–water partition coefficient (Wildman–Crippen LogP) is 4.43. The van der Waals surface area contributed by atoms with Crippen molar-refractivity contribution in [1.82, 2.24) is 9.78 Å². The Kier molecular flexibility index (Phi) is 4.27. The lowest BCUT2D eigenvalue weighted by atomic mass is 10.0. The van der Waals surface area contributed by atoms with Gasteiger partial charge in [0.15, 0.2) is 0 Å². The summed E-state index contributed by atoms with van der Waals surface area (Å²) in [7, 11) is 0. The molecule has 0 bridgehead atoms. The maximum Gasteiger partial charge on any atom is 0.339 e. The lowest BCUT2D eigenvalue weighted by Gasteiger charge is -2.05. The summed E-state index contributed by atoms with van der Waals surface area (Å²) in [6, 6.07) is 15.5. The number of phenols is 1. The second kappa shape index (κ2) is 6.77. The molecule has 4 aromatic rings. The standard InChI is InChI=1S/C21H14F2N2O3/c22-15-7-4-8-17-19(15)20(24-25(17)11-12-5-2-1-3-6-12)13-10-18(26)14(21(27)28)9-16(13)23/h1-10,26H,11H2,(H,27,28). The van der Waals surface area contributed by atoms with E-state index in [2.05, 4.69) is 5.10 Å². The van der Waals surface area contributed by atoms with Gasteiger partial charge in [0, 0.05) is 5.56 Å². The fraction of sp³-hybridized carbons (Fsp3) is 0.0476. The Labute approximate surface area is 158 Å². The third-order valence-electron chi connectivity index (χ3n) is 4.47. The highest BCUT2D eigenvalue weighted by Gasteiger charge is 2.22. The van der Waals surface area contributed by atoms with Gasteiger partial charge in [-0.1, -0.05) is 36.4 Å². The SMILES string of the molecule is O=C(O)c1cc(F)c(-c2nn(Cc3ccccc3)c3cccc(F)c23)cc1O. The number of nitrogens with zero attached hydrogens (tertiary/aromatic N) is 2. The number of aromatic nitrogens is 2. The molecule has 1 heterocycles. The summed E-state index contributed by atoms with van der Waals surface area (Å²) in [6.07, 6.45) is 0. The van der Waals surface area contributed by atoms with E-state index in [1.807, 2.05) is 30.3 Å². The minimum Gasteiger partial charge on any atom is -0.507 e. The van der Waals surface area contributed by atoms with Crippen molar-refractivity contribution in [3.8, 4) is 17.0 Å². The minimum atomic E-state index is -1.46. The van der Waals surface area contributed by atoms with Gasteiger partial charge >= 0.3 is 5.97 Å². The van der Waals surface area contributed by atoms with Crippen LogP contribution in [0.4, 0.5) is 8.78 Å². The lowest BCUT2D eigenvalue weighted by Crippen LogP contribution is -2.02. The highest BCUT2D eigenvalue weighted by atomic mass is 19.1. The predicted molar refractivity (Wildman–Crippen MR) is 99.3 cm³/mol. The molecule has 0 saturated heterocycles. The van der Waals surface area contributed by atoms with Gasteiger partial charge in [-0.2, -0.15) is 5.10 Å². The molecule has 0 aliphatic carbocycles. The van der Waals surface area contributed by atoms with E-state index in [0.29, 0.717) is 18.1 Å². The van der Waals surface area contributed by atoms with E-state index in [1.165, 1.54) is 12.1 Å². The highest BCUT2D eigenvalue weighted by molar-refractivity contribution is 5.96. The summed E-state index contributed by atoms with van der Waals surface area (Å²) < 4.78 is 30.8. The van der Waals surface area contributed by atoms with Crippen LogP contribution < -0.4 is 0 Å². The number of hydrogen-bond acceptors (Lipinski definition) is 3. The first kappa shape index (κ1) is 17.7. The molecule has 140 valence electrons. The molecule has 0 radical (unpaired) electrons. The van der Waals surface area contributed by atoms with Crippen LogP contribution in [0.25, 0.3) is 22.2 Å². The maximum absolute atomic E-state index is 14.6. The summed E-state index contributed by atoms with van der Waals surface area (Å²) in [5, 5.41) is 23.5. The molecule has 7 heteroatoms. The van der Waals surface area contributed by atoms with Crippen LogP contribution in [-0.4, -0.2) is 26.0 Å². The average Bonchev–Trinajstić information content (AvgIpc) is 3.03. The fourth-order valence-corrected chi connectivity index (χ4v) is 3.17. The Morgan fingerprint density at radius 2 is 1.75 bits per heavy atom. The van der Waals surface area contributed by atoms with E-state index in [0.717, 1.165) is 11.6 Å². The van der Waals surface area contributed by atoms with Crippen molar-refractivity contribution in [3.05, 3.63) is 83.4 Å². The third kappa shape index (κ3) is 2.96. The molecule has 0 unspecified atom stereocenters. The van der Waals surface area contributed by atoms with Crippen LogP contribution in [0.2, 0.25) is 0 Å². The number of rotatable bonds is 4. The van der Waals surface area contributed by atoms with Crippen molar-refractivity contribution in [2.75, 3.05) is 0 Å². The number of halogens is 2. The summed E-state index contributed by atoms with van der Waals surface area (Å²) in [4.78, 5) is 11.1. The van der Waals surface area contributed by atoms with E-state index < -0.39 is 28.9 Å². The number of benzene rings is 3. The molecule has 0 spiro atoms. The molecule has 28 heavy (non-hydrogen) atoms. The minimum absolute atomic E-state index is 0.00577. The van der Waals surface area contributed by atoms with Gasteiger partial charge in [-0.3, -0.25) is 4.68 Å². The van der Waals surface area contributed by atoms with Crippen molar-refractivity contribution < 1.29 is 23.8 Å². The van der Waals surface area contributed by atoms with E-state index >= 15 is 0 Å². The van der Waals surface area contributed by atoms with Gasteiger partial charge in [-0.25, -0.2) is 13.6 Å². The smallest absolute Gasteiger partial charge is 0.339 e. The molecule has 3 aromatic carbocycles. The molecule has 0 aliphatic rings. The van der Waals surface area contributed by atoms with Crippen molar-refractivity contribution in [2.45, 2.75) is 6.54 Å². The Bertz CT molecular complexity index is 1200. The van der Waals surface area contributed by atoms with Crippen LogP contribution in [0, 0.1) is 11.6 Å². The van der Waals surface area contributed by atoms with Gasteiger partial charge in [-0.15, -0.1) is 0 Å². The number of aromatic hydroxyl groups is 1. The first-order valence-corrected chi connectivity index (χ1v) is 8.41. The van der Waals surface area contributed by atoms with Crippen LogP contribution in [0.15, 0.2) is 60.7 Å². The van der Waals surface area contributed by atoms with Gasteiger partial charge in [0.25, 0.3) is 0 Å². The Hall–Kier alpha value is -3.74. The zero-order valence-corrected chi connectivity index (χ0v) is 14.4. The zero-order valence-electron chi connectivity index (χ0n) is 14.4. The van der Waals surface area contributed by atoms with E-state index in [1.54, 1.807) is 10.7 Å². The summed E-state index contributed by atoms with van der Waals surface area (Å²) >= 11 is 0. The molecule has 5 nitrogen and oxygen atoms in total. The van der Waals surface area contributed by atoms with Gasteiger partial charge in [0.05, 0.1) is 17.4 Å². The maximum atomic E-state index is 14.6. The molecular formula is C21H14F2N2O3. The number of carboxylic acids is 1. The van der Waals surface area contributed by atoms with Gasteiger partial charge in [-0.05, 0) is 29.8 Å². The molecule has 0 saturated carbocycles. The van der Waals surface area contributed by atoms with Gasteiger partial charge in [0.2, 0.25) is 0 Å². The molecule has 0 amide bonds. The second-order valence-corrected chi connectivity index (χ2v) is 6.28. The largest absolute Gasteiger partial charge is 0.507 e. The number of carboxylic acid groups (broad SMARTS) is 1. The number of hydrogen-bond donors (Lipinski definition) is 2. The third-order valence-corrected chi connectivity index (χ3v) is 4.47. The zero-order chi connectivity index (χ0) is 19.8. The quantitative estimate of drug-likeness (QED) is 0.549. The van der Waals surface area contributed by atoms with E-state index in [4.69, 9.17) is 5.11 Å². The van der Waals surface area contributed by atoms with Gasteiger partial charge in [0.1, 0.15) is 28.6 Å². The average molecular weight is 380 g/mol. The van der Waals surface area contributed by atoms with Crippen LogP contribution in [0.1, 0.15) is 15.9 Å². The van der Waals surface area contributed by atoms with Crippen LogP contribution in [0.3, 0.4) is 0 Å². The van der Waals surface area contributed by atoms with Crippen molar-refractivity contribution in [3.63, 3.8) is 0 Å². The number of carbonyl (C=O) groups is 1. The molecule has 0 atom stereocenters. The van der Waals surface area contributed by atoms with Crippen LogP contribution in [-0.2, 0) is 6.54 Å². The Morgan fingerprint density at radius 3 is 2.46 bits per heavy atom. The number of aromatic carboxylic acids is 1. The normalized spacial score (nSPS) is 11.1. The molecule has 1 aromatic heterocycles. The summed E-state index contributed by atoms with van der Waals surface area (Å²) in [6.45, 7) is 0.335. The first-order chi connectivity index (χ1) is 13.5. The Morgan fingerprint density at radius 1 is 1.00 bits per heavy atom. The lowest BCUT2D eigenvalue weighted by molar-refractivity contribution is 0.0693. The molecule has 0 fully saturated rings. The van der Waals surface area contributed by atoms with E-state index in [-0.39, 0.29) is 16.6 Å². The fourth-order valence-electron chi connectivity index (χ4n) is 3.17. The monoisotopic (exact) mass is 380 g/mol. The van der Waals surface area contributed by atoms with Crippen molar-refractivity contribution in [1.29, 1.82) is 0 Å². The van der Waals surface area contributed by atoms with E-state index in [9.17, 15) is 18.7 Å². The topological polar surface area (TPSA) is 75.3 Å². The first-order valence-electron chi connectivity index (χ1n) is 8.41.